The third kappa shape index (κ3) is 4.18. The number of piperazine rings is 1. The fourth-order valence-corrected chi connectivity index (χ4v) is 2.89. The van der Waals surface area contributed by atoms with E-state index in [-0.39, 0.29) is 17.5 Å². The van der Waals surface area contributed by atoms with Crippen LogP contribution in [0.4, 0.5) is 19.1 Å². The van der Waals surface area contributed by atoms with Gasteiger partial charge >= 0.3 is 6.18 Å². The first-order valence-corrected chi connectivity index (χ1v) is 8.13. The zero-order valence-corrected chi connectivity index (χ0v) is 13.8. The molecule has 2 saturated heterocycles. The van der Waals surface area contributed by atoms with Crippen molar-refractivity contribution >= 4 is 11.9 Å². The molecule has 3 heterocycles. The Bertz CT molecular complexity index is 626. The Labute approximate surface area is 143 Å². The lowest BCUT2D eigenvalue weighted by Crippen LogP contribution is -2.55. The second-order valence-electron chi connectivity index (χ2n) is 6.07. The first kappa shape index (κ1) is 17.9. The summed E-state index contributed by atoms with van der Waals surface area (Å²) in [5, 5.41) is 3.11. The molecule has 1 aromatic rings. The quantitative estimate of drug-likeness (QED) is 0.826. The van der Waals surface area contributed by atoms with E-state index in [2.05, 4.69) is 15.3 Å². The van der Waals surface area contributed by atoms with Gasteiger partial charge in [0.25, 0.3) is 5.91 Å². The van der Waals surface area contributed by atoms with Gasteiger partial charge in [-0.15, -0.1) is 0 Å². The summed E-state index contributed by atoms with van der Waals surface area (Å²) in [4.78, 5) is 23.5. The molecule has 0 bridgehead atoms. The highest BCUT2D eigenvalue weighted by Gasteiger charge is 2.35. The molecular formula is C15H20F3N5O2. The molecule has 1 aromatic heterocycles. The third-order valence-corrected chi connectivity index (χ3v) is 4.21. The summed E-state index contributed by atoms with van der Waals surface area (Å²) in [6.07, 6.45) is -5.00. The number of nitrogens with one attached hydrogen (secondary N) is 1. The van der Waals surface area contributed by atoms with Crippen molar-refractivity contribution < 1.29 is 22.7 Å². The molecule has 10 heteroatoms. The second-order valence-corrected chi connectivity index (χ2v) is 6.07. The number of anilines is 1. The number of halogens is 3. The molecule has 2 fully saturated rings. The summed E-state index contributed by atoms with van der Waals surface area (Å²) in [5.74, 6) is -0.0389. The molecule has 1 N–H and O–H groups in total. The van der Waals surface area contributed by atoms with Gasteiger partial charge in [0.2, 0.25) is 5.95 Å². The van der Waals surface area contributed by atoms with Crippen molar-refractivity contribution in [3.05, 3.63) is 17.5 Å². The van der Waals surface area contributed by atoms with Crippen molar-refractivity contribution in [1.82, 2.24) is 20.2 Å². The third-order valence-electron chi connectivity index (χ3n) is 4.21. The molecule has 2 aliphatic rings. The maximum absolute atomic E-state index is 12.9. The molecule has 7 nitrogen and oxygen atoms in total. The Balaban J connectivity index is 1.64. The van der Waals surface area contributed by atoms with Crippen molar-refractivity contribution in [3.63, 3.8) is 0 Å². The zero-order chi connectivity index (χ0) is 18.0. The van der Waals surface area contributed by atoms with Crippen LogP contribution in [0.1, 0.15) is 11.4 Å². The fourth-order valence-electron chi connectivity index (χ4n) is 2.89. The molecule has 138 valence electrons. The van der Waals surface area contributed by atoms with Gasteiger partial charge in [-0.1, -0.05) is 0 Å². The largest absolute Gasteiger partial charge is 0.433 e. The number of hydrogen-bond donors (Lipinski definition) is 1. The molecule has 1 amide bonds. The Morgan fingerprint density at radius 3 is 2.60 bits per heavy atom. The van der Waals surface area contributed by atoms with E-state index in [1.165, 1.54) is 6.92 Å². The number of ether oxygens (including phenoxy) is 1. The molecule has 1 atom stereocenters. The van der Waals surface area contributed by atoms with Crippen LogP contribution in [0, 0.1) is 6.92 Å². The van der Waals surface area contributed by atoms with Gasteiger partial charge in [-0.3, -0.25) is 4.79 Å². The molecule has 0 aliphatic carbocycles. The molecule has 25 heavy (non-hydrogen) atoms. The van der Waals surface area contributed by atoms with Crippen LogP contribution < -0.4 is 10.2 Å². The standard InChI is InChI=1S/C15H20F3N5O2/c1-10-8-12(15(16,17)18)21-14(20-10)23-5-3-22(4-6-23)13(24)11-9-19-2-7-25-11/h8,11,19H,2-7,9H2,1H3/t11-/m0/s1. The van der Waals surface area contributed by atoms with Crippen LogP contribution in [0.3, 0.4) is 0 Å². The lowest BCUT2D eigenvalue weighted by Gasteiger charge is -2.37. The molecule has 0 unspecified atom stereocenters. The molecule has 3 rings (SSSR count). The summed E-state index contributed by atoms with van der Waals surface area (Å²) in [7, 11) is 0. The monoisotopic (exact) mass is 359 g/mol. The SMILES string of the molecule is Cc1cc(C(F)(F)F)nc(N2CCN(C(=O)[C@@H]3CNCCO3)CC2)n1. The van der Waals surface area contributed by atoms with Gasteiger partial charge in [0.15, 0.2) is 0 Å². The van der Waals surface area contributed by atoms with E-state index in [0.717, 1.165) is 12.6 Å². The topological polar surface area (TPSA) is 70.6 Å². The maximum Gasteiger partial charge on any atom is 0.433 e. The fraction of sp³-hybridized carbons (Fsp3) is 0.667. The minimum atomic E-state index is -4.51. The van der Waals surface area contributed by atoms with Gasteiger partial charge in [-0.2, -0.15) is 13.2 Å². The van der Waals surface area contributed by atoms with Crippen LogP contribution in [-0.2, 0) is 15.7 Å². The van der Waals surface area contributed by atoms with Gasteiger partial charge in [0, 0.05) is 45.0 Å². The average molecular weight is 359 g/mol. The van der Waals surface area contributed by atoms with Crippen LogP contribution >= 0.6 is 0 Å². The number of alkyl halides is 3. The number of nitrogens with zero attached hydrogens (tertiary/aromatic N) is 4. The summed E-state index contributed by atoms with van der Waals surface area (Å²) in [6.45, 7) is 4.77. The maximum atomic E-state index is 12.9. The van der Waals surface area contributed by atoms with Crippen LogP contribution in [-0.4, -0.2) is 72.8 Å². The number of rotatable bonds is 2. The Morgan fingerprint density at radius 2 is 2.00 bits per heavy atom. The zero-order valence-electron chi connectivity index (χ0n) is 13.8. The van der Waals surface area contributed by atoms with Gasteiger partial charge in [-0.25, -0.2) is 9.97 Å². The first-order valence-electron chi connectivity index (χ1n) is 8.13. The minimum absolute atomic E-state index is 0.0509. The van der Waals surface area contributed by atoms with Crippen molar-refractivity contribution in [2.45, 2.75) is 19.2 Å². The molecule has 0 spiro atoms. The van der Waals surface area contributed by atoms with E-state index in [4.69, 9.17) is 4.74 Å². The van der Waals surface area contributed by atoms with Crippen molar-refractivity contribution in [3.8, 4) is 0 Å². The number of amides is 1. The van der Waals surface area contributed by atoms with E-state index in [9.17, 15) is 18.0 Å². The van der Waals surface area contributed by atoms with Crippen LogP contribution in [0.15, 0.2) is 6.07 Å². The van der Waals surface area contributed by atoms with Crippen LogP contribution in [0.2, 0.25) is 0 Å². The van der Waals surface area contributed by atoms with Crippen molar-refractivity contribution in [2.75, 3.05) is 50.8 Å². The smallest absolute Gasteiger partial charge is 0.366 e. The molecule has 2 aliphatic heterocycles. The lowest BCUT2D eigenvalue weighted by atomic mass is 10.2. The van der Waals surface area contributed by atoms with E-state index >= 15 is 0 Å². The first-order chi connectivity index (χ1) is 11.8. The summed E-state index contributed by atoms with van der Waals surface area (Å²) in [6, 6.07) is 0.927. The van der Waals surface area contributed by atoms with E-state index < -0.39 is 18.0 Å². The van der Waals surface area contributed by atoms with Crippen LogP contribution in [0.5, 0.6) is 0 Å². The number of aromatic nitrogens is 2. The predicted octanol–water partition coefficient (Wildman–Crippen LogP) is 0.441. The average Bonchev–Trinajstić information content (AvgIpc) is 2.61. The summed E-state index contributed by atoms with van der Waals surface area (Å²) < 4.78 is 44.2. The van der Waals surface area contributed by atoms with E-state index in [1.807, 2.05) is 0 Å². The normalized spacial score (nSPS) is 22.2. The highest BCUT2D eigenvalue weighted by molar-refractivity contribution is 5.81. The Hall–Kier alpha value is -1.94. The summed E-state index contributed by atoms with van der Waals surface area (Å²) in [5.41, 5.74) is -0.687. The van der Waals surface area contributed by atoms with E-state index in [0.29, 0.717) is 39.3 Å². The van der Waals surface area contributed by atoms with Crippen molar-refractivity contribution in [1.29, 1.82) is 0 Å². The number of carbonyl (C=O) groups is 1. The highest BCUT2D eigenvalue weighted by Crippen LogP contribution is 2.29. The number of morpholine rings is 1. The lowest BCUT2D eigenvalue weighted by molar-refractivity contribution is -0.145. The second kappa shape index (κ2) is 7.12. The van der Waals surface area contributed by atoms with Gasteiger partial charge in [-0.05, 0) is 13.0 Å². The van der Waals surface area contributed by atoms with Crippen molar-refractivity contribution in [2.24, 2.45) is 0 Å². The Morgan fingerprint density at radius 1 is 1.28 bits per heavy atom. The van der Waals surface area contributed by atoms with Gasteiger partial charge < -0.3 is 19.9 Å². The van der Waals surface area contributed by atoms with Gasteiger partial charge in [0.05, 0.1) is 6.61 Å². The van der Waals surface area contributed by atoms with Gasteiger partial charge in [0.1, 0.15) is 11.8 Å². The summed E-state index contributed by atoms with van der Waals surface area (Å²) >= 11 is 0. The van der Waals surface area contributed by atoms with E-state index in [1.54, 1.807) is 9.80 Å². The van der Waals surface area contributed by atoms with Crippen LogP contribution in [0.25, 0.3) is 0 Å². The minimum Gasteiger partial charge on any atom is -0.366 e. The number of aryl methyl sites for hydroxylation is 1. The highest BCUT2D eigenvalue weighted by atomic mass is 19.4. The molecular weight excluding hydrogens is 339 g/mol. The Kier molecular flexibility index (Phi) is 5.09. The molecule has 0 aromatic carbocycles. The number of hydrogen-bond acceptors (Lipinski definition) is 6. The molecule has 0 saturated carbocycles. The predicted molar refractivity (Wildman–Crippen MR) is 83.2 cm³/mol. The molecule has 0 radical (unpaired) electrons. The number of carbonyl (C=O) groups excluding carboxylic acids is 1.